The van der Waals surface area contributed by atoms with Crippen molar-refractivity contribution in [3.63, 3.8) is 0 Å². The lowest BCUT2D eigenvalue weighted by molar-refractivity contribution is 1.47. The van der Waals surface area contributed by atoms with Gasteiger partial charge < -0.3 is 10.7 Å². The Hall–Kier alpha value is -2.55. The van der Waals surface area contributed by atoms with Gasteiger partial charge in [0.2, 0.25) is 0 Å². The summed E-state index contributed by atoms with van der Waals surface area (Å²) in [5.74, 6) is 0. The first-order valence-corrected chi connectivity index (χ1v) is 5.79. The molecule has 0 spiro atoms. The second-order valence-electron chi connectivity index (χ2n) is 4.11. The van der Waals surface area contributed by atoms with Crippen LogP contribution in [0, 0.1) is 0 Å². The molecule has 3 rings (SSSR count). The number of nitrogens with zero attached hydrogens (tertiary/aromatic N) is 1. The Labute approximate surface area is 105 Å². The number of aliphatic imine (C=N–C) groups is 1. The zero-order valence-electron chi connectivity index (χ0n) is 9.80. The number of hydrogen-bond donors (Lipinski definition) is 2. The van der Waals surface area contributed by atoms with Gasteiger partial charge >= 0.3 is 0 Å². The Morgan fingerprint density at radius 1 is 1.00 bits per heavy atom. The third kappa shape index (κ3) is 1.86. The molecule has 0 fully saturated rings. The summed E-state index contributed by atoms with van der Waals surface area (Å²) in [6.45, 7) is 0. The number of nitrogen functional groups attached to an aromatic ring is 1. The number of para-hydroxylation sites is 3. The molecule has 1 heterocycles. The van der Waals surface area contributed by atoms with E-state index in [-0.39, 0.29) is 0 Å². The van der Waals surface area contributed by atoms with Crippen LogP contribution < -0.4 is 5.73 Å². The van der Waals surface area contributed by atoms with Crippen molar-refractivity contribution in [2.75, 3.05) is 5.73 Å². The molecule has 18 heavy (non-hydrogen) atoms. The van der Waals surface area contributed by atoms with Gasteiger partial charge in [-0.1, -0.05) is 30.3 Å². The van der Waals surface area contributed by atoms with Crippen LogP contribution in [-0.4, -0.2) is 11.2 Å². The smallest absolute Gasteiger partial charge is 0.0859 e. The number of aromatic amines is 1. The van der Waals surface area contributed by atoms with Gasteiger partial charge in [0.25, 0.3) is 0 Å². The summed E-state index contributed by atoms with van der Waals surface area (Å²) in [6.07, 6.45) is 3.79. The second-order valence-corrected chi connectivity index (χ2v) is 4.11. The minimum Gasteiger partial charge on any atom is -0.397 e. The van der Waals surface area contributed by atoms with Gasteiger partial charge in [0, 0.05) is 28.9 Å². The molecule has 0 saturated carbocycles. The van der Waals surface area contributed by atoms with E-state index in [1.165, 1.54) is 0 Å². The van der Waals surface area contributed by atoms with Crippen molar-refractivity contribution < 1.29 is 0 Å². The molecule has 0 saturated heterocycles. The second kappa shape index (κ2) is 4.37. The van der Waals surface area contributed by atoms with Gasteiger partial charge in [-0.2, -0.15) is 0 Å². The molecule has 2 aromatic carbocycles. The number of benzene rings is 2. The van der Waals surface area contributed by atoms with Gasteiger partial charge in [0.1, 0.15) is 0 Å². The lowest BCUT2D eigenvalue weighted by Crippen LogP contribution is -1.84. The maximum absolute atomic E-state index is 5.85. The molecule has 0 atom stereocenters. The van der Waals surface area contributed by atoms with Gasteiger partial charge in [0.15, 0.2) is 0 Å². The van der Waals surface area contributed by atoms with Crippen molar-refractivity contribution in [2.24, 2.45) is 4.99 Å². The number of fused-ring (bicyclic) bond motifs is 1. The van der Waals surface area contributed by atoms with Crippen LogP contribution in [0.3, 0.4) is 0 Å². The number of rotatable bonds is 2. The number of nitrogens with two attached hydrogens (primary N) is 1. The Balaban J connectivity index is 2.00. The highest BCUT2D eigenvalue weighted by Crippen LogP contribution is 2.21. The minimum absolute atomic E-state index is 0.689. The SMILES string of the molecule is Nc1ccccc1N=Cc1c[nH]c2ccccc12. The first-order chi connectivity index (χ1) is 8.84. The Morgan fingerprint density at radius 3 is 2.67 bits per heavy atom. The molecule has 0 amide bonds. The number of aromatic nitrogens is 1. The summed E-state index contributed by atoms with van der Waals surface area (Å²) >= 11 is 0. The molecule has 0 unspecified atom stereocenters. The van der Waals surface area contributed by atoms with Crippen molar-refractivity contribution in [1.29, 1.82) is 0 Å². The summed E-state index contributed by atoms with van der Waals surface area (Å²) in [6, 6.07) is 15.7. The first-order valence-electron chi connectivity index (χ1n) is 5.79. The van der Waals surface area contributed by atoms with Crippen LogP contribution in [0.4, 0.5) is 11.4 Å². The largest absolute Gasteiger partial charge is 0.397 e. The molecule has 0 bridgehead atoms. The molecule has 3 heteroatoms. The van der Waals surface area contributed by atoms with Crippen molar-refractivity contribution in [2.45, 2.75) is 0 Å². The normalized spacial score (nSPS) is 11.3. The fourth-order valence-electron chi connectivity index (χ4n) is 1.94. The molecule has 0 radical (unpaired) electrons. The third-order valence-corrected chi connectivity index (χ3v) is 2.90. The average Bonchev–Trinajstić information content (AvgIpc) is 2.81. The van der Waals surface area contributed by atoms with E-state index in [0.29, 0.717) is 5.69 Å². The van der Waals surface area contributed by atoms with Crippen molar-refractivity contribution in [3.05, 3.63) is 60.3 Å². The summed E-state index contributed by atoms with van der Waals surface area (Å²) < 4.78 is 0. The number of hydrogen-bond acceptors (Lipinski definition) is 2. The number of nitrogens with one attached hydrogen (secondary N) is 1. The van der Waals surface area contributed by atoms with Gasteiger partial charge in [-0.3, -0.25) is 4.99 Å². The molecule has 88 valence electrons. The predicted octanol–water partition coefficient (Wildman–Crippen LogP) is 3.50. The lowest BCUT2D eigenvalue weighted by atomic mass is 10.2. The summed E-state index contributed by atoms with van der Waals surface area (Å²) in [4.78, 5) is 7.64. The topological polar surface area (TPSA) is 54.2 Å². The fourth-order valence-corrected chi connectivity index (χ4v) is 1.94. The van der Waals surface area contributed by atoms with Crippen LogP contribution in [0.5, 0.6) is 0 Å². The zero-order valence-corrected chi connectivity index (χ0v) is 9.80. The molecule has 0 aliphatic carbocycles. The molecular weight excluding hydrogens is 222 g/mol. The molecular formula is C15H13N3. The van der Waals surface area contributed by atoms with E-state index in [0.717, 1.165) is 22.2 Å². The Morgan fingerprint density at radius 2 is 1.78 bits per heavy atom. The Bertz CT molecular complexity index is 710. The van der Waals surface area contributed by atoms with Gasteiger partial charge in [-0.25, -0.2) is 0 Å². The average molecular weight is 235 g/mol. The Kier molecular flexibility index (Phi) is 2.57. The minimum atomic E-state index is 0.689. The van der Waals surface area contributed by atoms with Crippen LogP contribution in [0.15, 0.2) is 59.7 Å². The fraction of sp³-hybridized carbons (Fsp3) is 0. The van der Waals surface area contributed by atoms with Gasteiger partial charge in [-0.05, 0) is 18.2 Å². The van der Waals surface area contributed by atoms with E-state index in [9.17, 15) is 0 Å². The van der Waals surface area contributed by atoms with Crippen molar-refractivity contribution in [1.82, 2.24) is 4.98 Å². The van der Waals surface area contributed by atoms with E-state index in [2.05, 4.69) is 16.0 Å². The number of anilines is 1. The standard InChI is InChI=1S/C15H13N3/c16-13-6-2-4-8-15(13)18-10-11-9-17-14-7-3-1-5-12(11)14/h1-10,17H,16H2. The van der Waals surface area contributed by atoms with Crippen LogP contribution in [0.25, 0.3) is 10.9 Å². The van der Waals surface area contributed by atoms with E-state index in [4.69, 9.17) is 5.73 Å². The van der Waals surface area contributed by atoms with Gasteiger partial charge in [0.05, 0.1) is 11.4 Å². The molecule has 3 aromatic rings. The van der Waals surface area contributed by atoms with Crippen LogP contribution >= 0.6 is 0 Å². The van der Waals surface area contributed by atoms with Crippen molar-refractivity contribution in [3.8, 4) is 0 Å². The van der Waals surface area contributed by atoms with Gasteiger partial charge in [-0.15, -0.1) is 0 Å². The summed E-state index contributed by atoms with van der Waals surface area (Å²) in [5.41, 5.74) is 9.51. The third-order valence-electron chi connectivity index (χ3n) is 2.90. The van der Waals surface area contributed by atoms with E-state index in [1.54, 1.807) is 0 Å². The summed E-state index contributed by atoms with van der Waals surface area (Å²) in [7, 11) is 0. The highest BCUT2D eigenvalue weighted by Gasteiger charge is 2.00. The van der Waals surface area contributed by atoms with Crippen LogP contribution in [0.1, 0.15) is 5.56 Å². The quantitative estimate of drug-likeness (QED) is 0.518. The predicted molar refractivity (Wildman–Crippen MR) is 76.4 cm³/mol. The highest BCUT2D eigenvalue weighted by molar-refractivity contribution is 6.00. The molecule has 0 aliphatic heterocycles. The lowest BCUT2D eigenvalue weighted by Gasteiger charge is -1.97. The van der Waals surface area contributed by atoms with E-state index in [1.807, 2.05) is 54.9 Å². The highest BCUT2D eigenvalue weighted by atomic mass is 14.8. The first kappa shape index (κ1) is 10.6. The maximum atomic E-state index is 5.85. The van der Waals surface area contributed by atoms with E-state index < -0.39 is 0 Å². The van der Waals surface area contributed by atoms with E-state index >= 15 is 0 Å². The molecule has 0 aliphatic rings. The van der Waals surface area contributed by atoms with Crippen LogP contribution in [-0.2, 0) is 0 Å². The summed E-state index contributed by atoms with van der Waals surface area (Å²) in [5, 5.41) is 1.16. The maximum Gasteiger partial charge on any atom is 0.0859 e. The molecule has 3 nitrogen and oxygen atoms in total. The monoisotopic (exact) mass is 235 g/mol. The van der Waals surface area contributed by atoms with Crippen molar-refractivity contribution >= 4 is 28.5 Å². The number of H-pyrrole nitrogens is 1. The molecule has 1 aromatic heterocycles. The van der Waals surface area contributed by atoms with Crippen LogP contribution in [0.2, 0.25) is 0 Å². The zero-order chi connectivity index (χ0) is 12.4. The molecule has 3 N–H and O–H groups in total.